The lowest BCUT2D eigenvalue weighted by Gasteiger charge is -2.39. The summed E-state index contributed by atoms with van der Waals surface area (Å²) in [5.74, 6) is 1.80. The van der Waals surface area contributed by atoms with E-state index in [4.69, 9.17) is 9.73 Å². The van der Waals surface area contributed by atoms with Gasteiger partial charge in [-0.15, -0.1) is 0 Å². The van der Waals surface area contributed by atoms with Crippen molar-refractivity contribution >= 4 is 22.8 Å². The van der Waals surface area contributed by atoms with E-state index in [1.54, 1.807) is 11.8 Å². The van der Waals surface area contributed by atoms with E-state index in [0.29, 0.717) is 12.6 Å². The van der Waals surface area contributed by atoms with E-state index >= 15 is 0 Å². The van der Waals surface area contributed by atoms with Crippen molar-refractivity contribution in [2.75, 3.05) is 6.61 Å². The number of nitrogens with one attached hydrogen (secondary N) is 1. The third-order valence-electron chi connectivity index (χ3n) is 5.62. The van der Waals surface area contributed by atoms with Crippen LogP contribution in [0.25, 0.3) is 0 Å². The first kappa shape index (κ1) is 14.1. The van der Waals surface area contributed by atoms with E-state index in [-0.39, 0.29) is 16.3 Å². The van der Waals surface area contributed by atoms with Crippen LogP contribution < -0.4 is 5.32 Å². The molecule has 0 radical (unpaired) electrons. The van der Waals surface area contributed by atoms with Crippen molar-refractivity contribution in [2.45, 2.75) is 68.8 Å². The van der Waals surface area contributed by atoms with Gasteiger partial charge in [0.15, 0.2) is 5.17 Å². The highest BCUT2D eigenvalue weighted by atomic mass is 32.2. The smallest absolute Gasteiger partial charge is 0.242 e. The number of hydrogen-bond acceptors (Lipinski definition) is 4. The molecule has 2 aliphatic heterocycles. The van der Waals surface area contributed by atoms with Crippen LogP contribution in [0.2, 0.25) is 0 Å². The molecule has 5 heteroatoms. The van der Waals surface area contributed by atoms with Crippen molar-refractivity contribution in [3.05, 3.63) is 0 Å². The Morgan fingerprint density at radius 3 is 2.86 bits per heavy atom. The van der Waals surface area contributed by atoms with Gasteiger partial charge >= 0.3 is 0 Å². The molecule has 1 spiro atoms. The Bertz CT molecular complexity index is 505. The highest BCUT2D eigenvalue weighted by Gasteiger charge is 2.52. The third-order valence-corrected chi connectivity index (χ3v) is 6.95. The Kier molecular flexibility index (Phi) is 3.16. The van der Waals surface area contributed by atoms with Crippen LogP contribution in [-0.4, -0.2) is 34.1 Å². The molecule has 4 aliphatic rings. The summed E-state index contributed by atoms with van der Waals surface area (Å²) in [5, 5.41) is 3.93. The number of ether oxygens (including phenoxy) is 1. The summed E-state index contributed by atoms with van der Waals surface area (Å²) in [6.45, 7) is 4.81. The fourth-order valence-corrected chi connectivity index (χ4v) is 6.10. The van der Waals surface area contributed by atoms with E-state index in [1.807, 2.05) is 0 Å². The first-order valence-corrected chi connectivity index (χ1v) is 9.00. The maximum absolute atomic E-state index is 12.5. The molecule has 2 heterocycles. The van der Waals surface area contributed by atoms with E-state index < -0.39 is 0 Å². The first-order valence-electron chi connectivity index (χ1n) is 8.18. The fraction of sp³-hybridized carbons (Fsp3) is 0.875. The van der Waals surface area contributed by atoms with Crippen LogP contribution in [0, 0.1) is 11.8 Å². The van der Waals surface area contributed by atoms with Gasteiger partial charge in [-0.1, -0.05) is 18.2 Å². The Morgan fingerprint density at radius 1 is 1.33 bits per heavy atom. The van der Waals surface area contributed by atoms with Crippen LogP contribution in [-0.2, 0) is 9.53 Å². The van der Waals surface area contributed by atoms with Crippen LogP contribution in [0.1, 0.15) is 52.4 Å². The summed E-state index contributed by atoms with van der Waals surface area (Å²) in [7, 11) is 0. The monoisotopic (exact) mass is 308 g/mol. The van der Waals surface area contributed by atoms with Gasteiger partial charge in [-0.3, -0.25) is 9.79 Å². The van der Waals surface area contributed by atoms with Crippen LogP contribution in [0.15, 0.2) is 4.99 Å². The quantitative estimate of drug-likeness (QED) is 0.810. The molecule has 4 nitrogen and oxygen atoms in total. The van der Waals surface area contributed by atoms with Crippen molar-refractivity contribution < 1.29 is 9.53 Å². The molecule has 0 aromatic rings. The molecule has 2 bridgehead atoms. The van der Waals surface area contributed by atoms with Gasteiger partial charge in [-0.25, -0.2) is 0 Å². The van der Waals surface area contributed by atoms with Gasteiger partial charge in [0.05, 0.1) is 11.6 Å². The average Bonchev–Trinajstić information content (AvgIpc) is 3.05. The average molecular weight is 308 g/mol. The van der Waals surface area contributed by atoms with Gasteiger partial charge in [-0.2, -0.15) is 0 Å². The SMILES string of the molecule is CC1(C)C[C@]2(CCO1)SC(=N[C@H]1C[C@@H]3CC[C@H]1C3)NC2=O. The van der Waals surface area contributed by atoms with Crippen LogP contribution in [0.3, 0.4) is 0 Å². The number of carbonyl (C=O) groups is 1. The van der Waals surface area contributed by atoms with Crippen LogP contribution in [0.4, 0.5) is 0 Å². The molecule has 2 saturated carbocycles. The molecule has 2 aliphatic carbocycles. The van der Waals surface area contributed by atoms with E-state index in [2.05, 4.69) is 19.2 Å². The standard InChI is InChI=1S/C16H24N2O2S/c1-15(2)9-16(5-6-20-15)13(19)18-14(21-16)17-12-8-10-3-4-11(12)7-10/h10-12H,3-9H2,1-2H3,(H,17,18,19)/t10-,11+,12+,16+/m1/s1. The minimum Gasteiger partial charge on any atom is -0.375 e. The zero-order chi connectivity index (χ0) is 14.7. The van der Waals surface area contributed by atoms with Gasteiger partial charge in [-0.05, 0) is 57.8 Å². The topological polar surface area (TPSA) is 50.7 Å². The molecule has 4 atom stereocenters. The summed E-state index contributed by atoms with van der Waals surface area (Å²) in [6, 6.07) is 0.453. The minimum atomic E-state index is -0.349. The fourth-order valence-electron chi connectivity index (χ4n) is 4.65. The largest absolute Gasteiger partial charge is 0.375 e. The summed E-state index contributed by atoms with van der Waals surface area (Å²) in [5.41, 5.74) is -0.218. The lowest BCUT2D eigenvalue weighted by atomic mass is 9.87. The van der Waals surface area contributed by atoms with Gasteiger partial charge in [0.2, 0.25) is 5.91 Å². The molecular formula is C16H24N2O2S. The Balaban J connectivity index is 1.51. The van der Waals surface area contributed by atoms with E-state index in [0.717, 1.165) is 29.8 Å². The van der Waals surface area contributed by atoms with E-state index in [9.17, 15) is 4.79 Å². The number of aliphatic imine (C=N–C) groups is 1. The predicted molar refractivity (Wildman–Crippen MR) is 84.4 cm³/mol. The maximum atomic E-state index is 12.5. The summed E-state index contributed by atoms with van der Waals surface area (Å²) >= 11 is 1.67. The van der Waals surface area contributed by atoms with Gasteiger partial charge in [0, 0.05) is 6.61 Å². The van der Waals surface area contributed by atoms with Crippen molar-refractivity contribution in [1.82, 2.24) is 5.32 Å². The van der Waals surface area contributed by atoms with Crippen LogP contribution in [0.5, 0.6) is 0 Å². The Hall–Kier alpha value is -0.550. The molecule has 4 rings (SSSR count). The normalized spacial score (nSPS) is 46.5. The second-order valence-corrected chi connectivity index (χ2v) is 9.13. The zero-order valence-electron chi connectivity index (χ0n) is 12.9. The number of amidine groups is 1. The zero-order valence-corrected chi connectivity index (χ0v) is 13.7. The van der Waals surface area contributed by atoms with Crippen molar-refractivity contribution in [2.24, 2.45) is 16.8 Å². The first-order chi connectivity index (χ1) is 9.96. The minimum absolute atomic E-state index is 0.144. The number of thioether (sulfide) groups is 1. The Morgan fingerprint density at radius 2 is 2.19 bits per heavy atom. The summed E-state index contributed by atoms with van der Waals surface area (Å²) in [6.07, 6.45) is 6.87. The summed E-state index contributed by atoms with van der Waals surface area (Å²) < 4.78 is 5.43. The number of rotatable bonds is 1. The molecule has 1 amide bonds. The van der Waals surface area contributed by atoms with Gasteiger partial charge < -0.3 is 10.1 Å². The lowest BCUT2D eigenvalue weighted by Crippen LogP contribution is -2.48. The van der Waals surface area contributed by atoms with Crippen molar-refractivity contribution in [3.63, 3.8) is 0 Å². The molecule has 0 aromatic heterocycles. The second-order valence-electron chi connectivity index (χ2n) is 7.76. The third kappa shape index (κ3) is 2.42. The molecule has 116 valence electrons. The predicted octanol–water partition coefficient (Wildman–Crippen LogP) is 2.72. The Labute approximate surface area is 130 Å². The van der Waals surface area contributed by atoms with Crippen molar-refractivity contribution in [3.8, 4) is 0 Å². The molecule has 2 saturated heterocycles. The molecular weight excluding hydrogens is 284 g/mol. The molecule has 21 heavy (non-hydrogen) atoms. The number of nitrogens with zero attached hydrogens (tertiary/aromatic N) is 1. The number of hydrogen-bond donors (Lipinski definition) is 1. The summed E-state index contributed by atoms with van der Waals surface area (Å²) in [4.78, 5) is 17.4. The van der Waals surface area contributed by atoms with Crippen LogP contribution >= 0.6 is 11.8 Å². The highest BCUT2D eigenvalue weighted by molar-refractivity contribution is 8.16. The number of carbonyl (C=O) groups excluding carboxylic acids is 1. The second kappa shape index (κ2) is 4.72. The molecule has 0 unspecified atom stereocenters. The van der Waals surface area contributed by atoms with Gasteiger partial charge in [0.25, 0.3) is 0 Å². The number of fused-ring (bicyclic) bond motifs is 2. The lowest BCUT2D eigenvalue weighted by molar-refractivity contribution is -0.129. The highest BCUT2D eigenvalue weighted by Crippen LogP contribution is 2.48. The van der Waals surface area contributed by atoms with E-state index in [1.165, 1.54) is 25.7 Å². The molecule has 0 aromatic carbocycles. The molecule has 1 N–H and O–H groups in total. The maximum Gasteiger partial charge on any atom is 0.242 e. The van der Waals surface area contributed by atoms with Crippen molar-refractivity contribution in [1.29, 1.82) is 0 Å². The number of amides is 1. The van der Waals surface area contributed by atoms with Gasteiger partial charge in [0.1, 0.15) is 4.75 Å². The molecule has 4 fully saturated rings.